The molecule has 0 saturated carbocycles. The van der Waals surface area contributed by atoms with Gasteiger partial charge in [0.25, 0.3) is 0 Å². The topological polar surface area (TPSA) is 70.2 Å². The average Bonchev–Trinajstić information content (AvgIpc) is 3.03. The van der Waals surface area contributed by atoms with Gasteiger partial charge in [-0.05, 0) is 31.2 Å². The number of aromatic amines is 1. The molecule has 0 amide bonds. The third-order valence-corrected chi connectivity index (χ3v) is 4.75. The Balaban J connectivity index is 1.92. The molecule has 0 spiro atoms. The summed E-state index contributed by atoms with van der Waals surface area (Å²) in [6, 6.07) is 19.1. The predicted molar refractivity (Wildman–Crippen MR) is 107 cm³/mol. The number of rotatable bonds is 5. The molecule has 0 bridgehead atoms. The van der Waals surface area contributed by atoms with Crippen molar-refractivity contribution in [2.24, 2.45) is 0 Å². The molecular formula is C22H21N3O2. The Labute approximate surface area is 157 Å². The molecule has 136 valence electrons. The van der Waals surface area contributed by atoms with Crippen molar-refractivity contribution in [3.63, 3.8) is 0 Å². The Bertz CT molecular complexity index is 1070. The van der Waals surface area contributed by atoms with Crippen LogP contribution in [0.3, 0.4) is 0 Å². The molecule has 1 unspecified atom stereocenters. The van der Waals surface area contributed by atoms with E-state index in [1.165, 1.54) is 0 Å². The van der Waals surface area contributed by atoms with Gasteiger partial charge in [0.2, 0.25) is 0 Å². The van der Waals surface area contributed by atoms with E-state index in [0.29, 0.717) is 5.75 Å². The molecule has 5 heteroatoms. The highest BCUT2D eigenvalue weighted by atomic mass is 16.5. The van der Waals surface area contributed by atoms with E-state index in [0.717, 1.165) is 33.5 Å². The SMILES string of the molecule is COc1cccc(C(Nc2ccccn2)c2c(C)[nH]c3ccccc23)c1O. The summed E-state index contributed by atoms with van der Waals surface area (Å²) in [4.78, 5) is 7.84. The van der Waals surface area contributed by atoms with Crippen LogP contribution in [0.1, 0.15) is 22.9 Å². The number of pyridine rings is 1. The fourth-order valence-corrected chi connectivity index (χ4v) is 3.51. The van der Waals surface area contributed by atoms with Crippen LogP contribution in [-0.4, -0.2) is 22.2 Å². The number of para-hydroxylation sites is 2. The van der Waals surface area contributed by atoms with Gasteiger partial charge in [0.05, 0.1) is 13.2 Å². The van der Waals surface area contributed by atoms with Crippen molar-refractivity contribution < 1.29 is 9.84 Å². The first-order valence-corrected chi connectivity index (χ1v) is 8.79. The van der Waals surface area contributed by atoms with Gasteiger partial charge in [-0.1, -0.05) is 36.4 Å². The Morgan fingerprint density at radius 2 is 1.85 bits per heavy atom. The molecular weight excluding hydrogens is 338 g/mol. The van der Waals surface area contributed by atoms with Crippen LogP contribution in [0.4, 0.5) is 5.82 Å². The molecule has 2 aromatic heterocycles. The summed E-state index contributed by atoms with van der Waals surface area (Å²) < 4.78 is 5.32. The van der Waals surface area contributed by atoms with E-state index in [2.05, 4.69) is 27.4 Å². The zero-order valence-electron chi connectivity index (χ0n) is 15.2. The first-order chi connectivity index (χ1) is 13.2. The summed E-state index contributed by atoms with van der Waals surface area (Å²) in [5.74, 6) is 1.30. The second-order valence-electron chi connectivity index (χ2n) is 6.40. The minimum absolute atomic E-state index is 0.123. The second-order valence-corrected chi connectivity index (χ2v) is 6.40. The lowest BCUT2D eigenvalue weighted by molar-refractivity contribution is 0.370. The van der Waals surface area contributed by atoms with Crippen LogP contribution in [0.5, 0.6) is 11.5 Å². The zero-order valence-corrected chi connectivity index (χ0v) is 15.2. The normalized spacial score (nSPS) is 12.1. The summed E-state index contributed by atoms with van der Waals surface area (Å²) in [6.45, 7) is 2.04. The number of H-pyrrole nitrogens is 1. The molecule has 2 aromatic carbocycles. The number of aryl methyl sites for hydroxylation is 1. The standard InChI is InChI=1S/C22H21N3O2/c1-14-20(15-8-3-4-10-17(15)24-14)21(25-19-12-5-6-13-23-19)16-9-7-11-18(27-2)22(16)26/h3-13,21,24,26H,1-2H3,(H,23,25). The maximum atomic E-state index is 10.8. The van der Waals surface area contributed by atoms with Crippen molar-refractivity contribution in [1.29, 1.82) is 0 Å². The van der Waals surface area contributed by atoms with E-state index < -0.39 is 0 Å². The number of aromatic hydroxyl groups is 1. The van der Waals surface area contributed by atoms with Gasteiger partial charge >= 0.3 is 0 Å². The van der Waals surface area contributed by atoms with Crippen molar-refractivity contribution in [1.82, 2.24) is 9.97 Å². The minimum Gasteiger partial charge on any atom is -0.504 e. The number of nitrogens with one attached hydrogen (secondary N) is 2. The first kappa shape index (κ1) is 17.0. The van der Waals surface area contributed by atoms with Gasteiger partial charge in [-0.3, -0.25) is 0 Å². The molecule has 5 nitrogen and oxygen atoms in total. The van der Waals surface area contributed by atoms with Crippen LogP contribution in [0.2, 0.25) is 0 Å². The van der Waals surface area contributed by atoms with Crippen LogP contribution in [0.15, 0.2) is 66.9 Å². The summed E-state index contributed by atoms with van der Waals surface area (Å²) in [5.41, 5.74) is 3.89. The number of hydrogen-bond donors (Lipinski definition) is 3. The number of methoxy groups -OCH3 is 1. The molecule has 0 aliphatic rings. The number of phenolic OH excluding ortho intramolecular Hbond substituents is 1. The smallest absolute Gasteiger partial charge is 0.163 e. The summed E-state index contributed by atoms with van der Waals surface area (Å²) in [7, 11) is 1.55. The van der Waals surface area contributed by atoms with Crippen LogP contribution in [-0.2, 0) is 0 Å². The number of nitrogens with zero attached hydrogens (tertiary/aromatic N) is 1. The van der Waals surface area contributed by atoms with Crippen molar-refractivity contribution in [3.8, 4) is 11.5 Å². The highest BCUT2D eigenvalue weighted by Gasteiger charge is 2.25. The predicted octanol–water partition coefficient (Wildman–Crippen LogP) is 4.79. The van der Waals surface area contributed by atoms with E-state index in [-0.39, 0.29) is 11.8 Å². The van der Waals surface area contributed by atoms with Crippen LogP contribution in [0, 0.1) is 6.92 Å². The zero-order chi connectivity index (χ0) is 18.8. The van der Waals surface area contributed by atoms with Crippen molar-refractivity contribution in [3.05, 3.63) is 83.7 Å². The number of fused-ring (bicyclic) bond motifs is 1. The van der Waals surface area contributed by atoms with Crippen LogP contribution < -0.4 is 10.1 Å². The lowest BCUT2D eigenvalue weighted by atomic mass is 9.95. The van der Waals surface area contributed by atoms with Gasteiger partial charge in [0, 0.05) is 33.9 Å². The summed E-state index contributed by atoms with van der Waals surface area (Å²) in [5, 5.41) is 15.4. The van der Waals surface area contributed by atoms with E-state index in [9.17, 15) is 5.11 Å². The number of hydrogen-bond acceptors (Lipinski definition) is 4. The molecule has 27 heavy (non-hydrogen) atoms. The van der Waals surface area contributed by atoms with E-state index in [1.807, 2.05) is 49.4 Å². The first-order valence-electron chi connectivity index (χ1n) is 8.79. The number of anilines is 1. The fourth-order valence-electron chi connectivity index (χ4n) is 3.51. The van der Waals surface area contributed by atoms with Crippen molar-refractivity contribution in [2.45, 2.75) is 13.0 Å². The Morgan fingerprint density at radius 1 is 1.04 bits per heavy atom. The molecule has 0 radical (unpaired) electrons. The Kier molecular flexibility index (Phi) is 4.42. The lowest BCUT2D eigenvalue weighted by Crippen LogP contribution is -2.14. The molecule has 4 rings (SSSR count). The van der Waals surface area contributed by atoms with Gasteiger partial charge in [0.1, 0.15) is 5.82 Å². The molecule has 0 saturated heterocycles. The van der Waals surface area contributed by atoms with E-state index >= 15 is 0 Å². The summed E-state index contributed by atoms with van der Waals surface area (Å²) >= 11 is 0. The Hall–Kier alpha value is -3.47. The van der Waals surface area contributed by atoms with E-state index in [1.54, 1.807) is 19.4 Å². The van der Waals surface area contributed by atoms with Crippen LogP contribution >= 0.6 is 0 Å². The van der Waals surface area contributed by atoms with Crippen LogP contribution in [0.25, 0.3) is 10.9 Å². The number of ether oxygens (including phenoxy) is 1. The van der Waals surface area contributed by atoms with Gasteiger partial charge in [-0.25, -0.2) is 4.98 Å². The largest absolute Gasteiger partial charge is 0.504 e. The lowest BCUT2D eigenvalue weighted by Gasteiger charge is -2.22. The molecule has 2 heterocycles. The maximum absolute atomic E-state index is 10.8. The van der Waals surface area contributed by atoms with E-state index in [4.69, 9.17) is 4.74 Å². The highest BCUT2D eigenvalue weighted by Crippen LogP contribution is 2.41. The van der Waals surface area contributed by atoms with Crippen molar-refractivity contribution >= 4 is 16.7 Å². The quantitative estimate of drug-likeness (QED) is 0.479. The second kappa shape index (κ2) is 7.03. The maximum Gasteiger partial charge on any atom is 0.163 e. The molecule has 1 atom stereocenters. The average molecular weight is 359 g/mol. The molecule has 0 aliphatic heterocycles. The molecule has 4 aromatic rings. The minimum atomic E-state index is -0.300. The summed E-state index contributed by atoms with van der Waals surface area (Å²) in [6.07, 6.45) is 1.74. The van der Waals surface area contributed by atoms with Gasteiger partial charge < -0.3 is 20.1 Å². The number of phenols is 1. The molecule has 0 fully saturated rings. The van der Waals surface area contributed by atoms with Gasteiger partial charge in [0.15, 0.2) is 11.5 Å². The van der Waals surface area contributed by atoms with Crippen molar-refractivity contribution in [2.75, 3.05) is 12.4 Å². The Morgan fingerprint density at radius 3 is 2.63 bits per heavy atom. The third kappa shape index (κ3) is 3.08. The highest BCUT2D eigenvalue weighted by molar-refractivity contribution is 5.86. The molecule has 0 aliphatic carbocycles. The van der Waals surface area contributed by atoms with Gasteiger partial charge in [-0.2, -0.15) is 0 Å². The number of benzene rings is 2. The fraction of sp³-hybridized carbons (Fsp3) is 0.136. The monoisotopic (exact) mass is 359 g/mol. The number of aromatic nitrogens is 2. The third-order valence-electron chi connectivity index (χ3n) is 4.75. The van der Waals surface area contributed by atoms with Gasteiger partial charge in [-0.15, -0.1) is 0 Å². The molecule has 3 N–H and O–H groups in total.